The van der Waals surface area contributed by atoms with E-state index in [4.69, 9.17) is 17.3 Å². The van der Waals surface area contributed by atoms with E-state index in [0.29, 0.717) is 24.5 Å². The van der Waals surface area contributed by atoms with Crippen molar-refractivity contribution in [2.24, 2.45) is 5.73 Å². The quantitative estimate of drug-likeness (QED) is 0.373. The van der Waals surface area contributed by atoms with Gasteiger partial charge in [-0.15, -0.1) is 11.3 Å². The summed E-state index contributed by atoms with van der Waals surface area (Å²) in [5, 5.41) is 6.92. The molecule has 0 saturated carbocycles. The number of nitrogens with two attached hydrogens (primary N) is 1. The van der Waals surface area contributed by atoms with Crippen molar-refractivity contribution in [3.8, 4) is 0 Å². The van der Waals surface area contributed by atoms with Crippen LogP contribution in [0.5, 0.6) is 0 Å². The van der Waals surface area contributed by atoms with Gasteiger partial charge in [0.2, 0.25) is 11.8 Å². The summed E-state index contributed by atoms with van der Waals surface area (Å²) in [6.45, 7) is 6.85. The number of carbonyl (C=O) groups excluding carboxylic acids is 2. The summed E-state index contributed by atoms with van der Waals surface area (Å²) in [7, 11) is 0. The standard InChI is InChI=1S/C29H36ClN5O2S/c1-2-33(28-8-5-19-38-28)21-23-6-3-4-7-26(23)34-15-17-35(18-16-34)29(37)25(32-27(36)13-14-31)20-22-9-11-24(30)12-10-22/h3-12,19,25H,2,13-18,20-21,31H2,1H3,(H,32,36). The lowest BCUT2D eigenvalue weighted by Gasteiger charge is -2.39. The van der Waals surface area contributed by atoms with Crippen LogP contribution in [0.1, 0.15) is 24.5 Å². The fourth-order valence-corrected chi connectivity index (χ4v) is 5.72. The van der Waals surface area contributed by atoms with E-state index in [2.05, 4.69) is 63.8 Å². The molecular formula is C29H36ClN5O2S. The van der Waals surface area contributed by atoms with E-state index in [1.807, 2.05) is 17.0 Å². The smallest absolute Gasteiger partial charge is 0.245 e. The SMILES string of the molecule is CCN(Cc1ccccc1N1CCN(C(=O)C(Cc2ccc(Cl)cc2)NC(=O)CCN)CC1)c1cccs1. The summed E-state index contributed by atoms with van der Waals surface area (Å²) in [5.74, 6) is -0.272. The Morgan fingerprint density at radius 3 is 2.45 bits per heavy atom. The zero-order valence-corrected chi connectivity index (χ0v) is 23.4. The second-order valence-electron chi connectivity index (χ2n) is 9.40. The summed E-state index contributed by atoms with van der Waals surface area (Å²) in [5.41, 5.74) is 8.99. The molecular weight excluding hydrogens is 518 g/mol. The number of anilines is 2. The third-order valence-electron chi connectivity index (χ3n) is 6.84. The largest absolute Gasteiger partial charge is 0.368 e. The second kappa shape index (κ2) is 13.6. The molecule has 9 heteroatoms. The number of nitrogens with zero attached hydrogens (tertiary/aromatic N) is 3. The fraction of sp³-hybridized carbons (Fsp3) is 0.379. The van der Waals surface area contributed by atoms with E-state index in [0.717, 1.165) is 31.7 Å². The Balaban J connectivity index is 1.42. The van der Waals surface area contributed by atoms with Gasteiger partial charge in [-0.25, -0.2) is 0 Å². The molecule has 1 fully saturated rings. The number of hydrogen-bond acceptors (Lipinski definition) is 6. The number of thiophene rings is 1. The Morgan fingerprint density at radius 2 is 1.79 bits per heavy atom. The summed E-state index contributed by atoms with van der Waals surface area (Å²) < 4.78 is 0. The molecule has 3 aromatic rings. The van der Waals surface area contributed by atoms with E-state index in [-0.39, 0.29) is 24.8 Å². The maximum absolute atomic E-state index is 13.6. The lowest BCUT2D eigenvalue weighted by atomic mass is 10.0. The molecule has 2 aromatic carbocycles. The molecule has 0 bridgehead atoms. The first kappa shape index (κ1) is 28.0. The fourth-order valence-electron chi connectivity index (χ4n) is 4.80. The number of nitrogens with one attached hydrogen (secondary N) is 1. The van der Waals surface area contributed by atoms with E-state index in [1.54, 1.807) is 23.5 Å². The van der Waals surface area contributed by atoms with Crippen molar-refractivity contribution < 1.29 is 9.59 Å². The Labute approximate surface area is 234 Å². The Kier molecular flexibility index (Phi) is 10.0. The van der Waals surface area contributed by atoms with Crippen LogP contribution in [0.25, 0.3) is 0 Å². The summed E-state index contributed by atoms with van der Waals surface area (Å²) >= 11 is 7.79. The summed E-state index contributed by atoms with van der Waals surface area (Å²) in [4.78, 5) is 32.5. The molecule has 7 nitrogen and oxygen atoms in total. The lowest BCUT2D eigenvalue weighted by Crippen LogP contribution is -2.55. The highest BCUT2D eigenvalue weighted by molar-refractivity contribution is 7.14. The summed E-state index contributed by atoms with van der Waals surface area (Å²) in [6.07, 6.45) is 0.597. The molecule has 38 heavy (non-hydrogen) atoms. The molecule has 1 aliphatic heterocycles. The number of hydrogen-bond donors (Lipinski definition) is 2. The monoisotopic (exact) mass is 553 g/mol. The number of para-hydroxylation sites is 1. The minimum absolute atomic E-state index is 0.0619. The molecule has 2 heterocycles. The van der Waals surface area contributed by atoms with Gasteiger partial charge in [-0.1, -0.05) is 41.9 Å². The third kappa shape index (κ3) is 7.28. The van der Waals surface area contributed by atoms with Gasteiger partial charge < -0.3 is 25.8 Å². The predicted molar refractivity (Wildman–Crippen MR) is 157 cm³/mol. The average Bonchev–Trinajstić information content (AvgIpc) is 3.47. The van der Waals surface area contributed by atoms with Crippen molar-refractivity contribution >= 4 is 45.4 Å². The zero-order valence-electron chi connectivity index (χ0n) is 21.8. The molecule has 1 unspecified atom stereocenters. The minimum atomic E-state index is -0.641. The Morgan fingerprint density at radius 1 is 1.05 bits per heavy atom. The van der Waals surface area contributed by atoms with Crippen LogP contribution < -0.4 is 20.9 Å². The van der Waals surface area contributed by atoms with Gasteiger partial charge in [0.25, 0.3) is 0 Å². The molecule has 1 aliphatic rings. The first-order valence-electron chi connectivity index (χ1n) is 13.1. The van der Waals surface area contributed by atoms with Crippen LogP contribution in [-0.4, -0.2) is 62.0 Å². The molecule has 1 atom stereocenters. The topological polar surface area (TPSA) is 81.9 Å². The molecule has 0 radical (unpaired) electrons. The van der Waals surface area contributed by atoms with Crippen LogP contribution in [0.15, 0.2) is 66.0 Å². The van der Waals surface area contributed by atoms with Crippen molar-refractivity contribution in [3.05, 3.63) is 82.2 Å². The normalized spacial score (nSPS) is 14.3. The molecule has 1 aromatic heterocycles. The van der Waals surface area contributed by atoms with Gasteiger partial charge >= 0.3 is 0 Å². The van der Waals surface area contributed by atoms with Gasteiger partial charge in [-0.05, 0) is 53.8 Å². The van der Waals surface area contributed by atoms with Crippen LogP contribution in [0.2, 0.25) is 5.02 Å². The van der Waals surface area contributed by atoms with Gasteiger partial charge in [0.05, 0.1) is 5.00 Å². The van der Waals surface area contributed by atoms with Gasteiger partial charge in [-0.2, -0.15) is 0 Å². The van der Waals surface area contributed by atoms with Crippen LogP contribution in [-0.2, 0) is 22.6 Å². The number of halogens is 1. The van der Waals surface area contributed by atoms with Crippen LogP contribution >= 0.6 is 22.9 Å². The molecule has 202 valence electrons. The molecule has 1 saturated heterocycles. The van der Waals surface area contributed by atoms with Crippen LogP contribution in [0.4, 0.5) is 10.7 Å². The van der Waals surface area contributed by atoms with Crippen molar-refractivity contribution in [2.75, 3.05) is 49.1 Å². The van der Waals surface area contributed by atoms with Crippen molar-refractivity contribution in [1.82, 2.24) is 10.2 Å². The number of benzene rings is 2. The zero-order chi connectivity index (χ0) is 26.9. The second-order valence-corrected chi connectivity index (χ2v) is 10.8. The van der Waals surface area contributed by atoms with E-state index < -0.39 is 6.04 Å². The Bertz CT molecular complexity index is 1180. The van der Waals surface area contributed by atoms with Crippen molar-refractivity contribution in [3.63, 3.8) is 0 Å². The maximum Gasteiger partial charge on any atom is 0.245 e. The third-order valence-corrected chi connectivity index (χ3v) is 8.02. The number of amides is 2. The lowest BCUT2D eigenvalue weighted by molar-refractivity contribution is -0.136. The Hall–Kier alpha value is -3.07. The number of rotatable bonds is 11. The van der Waals surface area contributed by atoms with Gasteiger partial charge in [0.15, 0.2) is 0 Å². The summed E-state index contributed by atoms with van der Waals surface area (Å²) in [6, 6.07) is 19.5. The number of carbonyl (C=O) groups is 2. The molecule has 4 rings (SSSR count). The van der Waals surface area contributed by atoms with E-state index in [9.17, 15) is 9.59 Å². The van der Waals surface area contributed by atoms with E-state index >= 15 is 0 Å². The van der Waals surface area contributed by atoms with Crippen molar-refractivity contribution in [1.29, 1.82) is 0 Å². The molecule has 3 N–H and O–H groups in total. The van der Waals surface area contributed by atoms with Gasteiger partial charge in [-0.3, -0.25) is 9.59 Å². The van der Waals surface area contributed by atoms with Gasteiger partial charge in [0, 0.05) is 69.4 Å². The van der Waals surface area contributed by atoms with E-state index in [1.165, 1.54) is 16.3 Å². The van der Waals surface area contributed by atoms with Gasteiger partial charge in [0.1, 0.15) is 6.04 Å². The maximum atomic E-state index is 13.6. The highest BCUT2D eigenvalue weighted by atomic mass is 35.5. The first-order chi connectivity index (χ1) is 18.5. The van der Waals surface area contributed by atoms with Crippen molar-refractivity contribution in [2.45, 2.75) is 32.4 Å². The molecule has 0 aliphatic carbocycles. The number of piperazine rings is 1. The van der Waals surface area contributed by atoms with Crippen LogP contribution in [0.3, 0.4) is 0 Å². The highest BCUT2D eigenvalue weighted by Crippen LogP contribution is 2.28. The molecule has 2 amide bonds. The van der Waals surface area contributed by atoms with Crippen LogP contribution in [0, 0.1) is 0 Å². The minimum Gasteiger partial charge on any atom is -0.368 e. The molecule has 0 spiro atoms. The highest BCUT2D eigenvalue weighted by Gasteiger charge is 2.29. The average molecular weight is 554 g/mol. The first-order valence-corrected chi connectivity index (χ1v) is 14.4. The predicted octanol–water partition coefficient (Wildman–Crippen LogP) is 4.15.